The molecular formula is C22H25N3O3S2. The number of carbonyl (C=O) groups is 1. The highest BCUT2D eigenvalue weighted by molar-refractivity contribution is 7.22. The van der Waals surface area contributed by atoms with E-state index < -0.39 is 0 Å². The fourth-order valence-corrected chi connectivity index (χ4v) is 4.93. The lowest BCUT2D eigenvalue weighted by Gasteiger charge is -2.28. The third-order valence-corrected chi connectivity index (χ3v) is 6.73. The second-order valence-corrected chi connectivity index (χ2v) is 8.81. The molecule has 0 radical (unpaired) electrons. The van der Waals surface area contributed by atoms with Crippen LogP contribution in [0.3, 0.4) is 0 Å². The van der Waals surface area contributed by atoms with Gasteiger partial charge in [-0.15, -0.1) is 11.3 Å². The number of benzene rings is 1. The van der Waals surface area contributed by atoms with E-state index >= 15 is 0 Å². The minimum absolute atomic E-state index is 0.0614. The Hall–Kier alpha value is -2.26. The van der Waals surface area contributed by atoms with Crippen LogP contribution in [-0.2, 0) is 9.53 Å². The number of nitrogens with zero attached hydrogens (tertiary/aromatic N) is 3. The molecule has 3 aromatic rings. The van der Waals surface area contributed by atoms with Crippen molar-refractivity contribution in [2.24, 2.45) is 0 Å². The number of anilines is 1. The highest BCUT2D eigenvalue weighted by Crippen LogP contribution is 2.34. The van der Waals surface area contributed by atoms with Gasteiger partial charge in [0.1, 0.15) is 11.3 Å². The van der Waals surface area contributed by atoms with Gasteiger partial charge in [-0.1, -0.05) is 23.5 Å². The molecule has 1 aromatic carbocycles. The van der Waals surface area contributed by atoms with Gasteiger partial charge in [0, 0.05) is 37.1 Å². The normalized spacial score (nSPS) is 15.1. The molecule has 0 spiro atoms. The molecule has 4 rings (SSSR count). The van der Waals surface area contributed by atoms with Gasteiger partial charge in [0.2, 0.25) is 0 Å². The fourth-order valence-electron chi connectivity index (χ4n) is 3.29. The third-order valence-electron chi connectivity index (χ3n) is 4.84. The molecule has 0 saturated carbocycles. The van der Waals surface area contributed by atoms with Crippen LogP contribution in [0.25, 0.3) is 16.3 Å². The van der Waals surface area contributed by atoms with Crippen LogP contribution in [0, 0.1) is 0 Å². The quantitative estimate of drug-likeness (QED) is 0.490. The lowest BCUT2D eigenvalue weighted by molar-refractivity contribution is -0.114. The molecule has 1 fully saturated rings. The van der Waals surface area contributed by atoms with Crippen molar-refractivity contribution in [1.29, 1.82) is 0 Å². The van der Waals surface area contributed by atoms with Crippen molar-refractivity contribution in [2.75, 3.05) is 50.9 Å². The van der Waals surface area contributed by atoms with Gasteiger partial charge in [-0.25, -0.2) is 4.98 Å². The molecule has 30 heavy (non-hydrogen) atoms. The molecule has 0 N–H and O–H groups in total. The van der Waals surface area contributed by atoms with Crippen LogP contribution >= 0.6 is 22.7 Å². The van der Waals surface area contributed by atoms with Crippen molar-refractivity contribution in [3.05, 3.63) is 46.7 Å². The van der Waals surface area contributed by atoms with Crippen LogP contribution in [0.4, 0.5) is 5.13 Å². The van der Waals surface area contributed by atoms with E-state index in [1.54, 1.807) is 22.3 Å². The van der Waals surface area contributed by atoms with E-state index in [0.29, 0.717) is 18.3 Å². The number of aromatic nitrogens is 1. The highest BCUT2D eigenvalue weighted by Gasteiger charge is 2.21. The summed E-state index contributed by atoms with van der Waals surface area (Å²) in [6.07, 6.45) is 3.51. The van der Waals surface area contributed by atoms with Gasteiger partial charge in [0.05, 0.1) is 24.5 Å². The molecule has 8 heteroatoms. The summed E-state index contributed by atoms with van der Waals surface area (Å²) in [4.78, 5) is 23.1. The Bertz CT molecular complexity index is 994. The number of carbonyl (C=O) groups excluding carboxylic acids is 1. The zero-order valence-corrected chi connectivity index (χ0v) is 18.6. The SMILES string of the molecule is CCOc1cccc2sc(N(CCN3CCOCC3)C(=O)C=Cc3cccs3)nc12. The number of morpholine rings is 1. The Labute approximate surface area is 184 Å². The minimum Gasteiger partial charge on any atom is -0.492 e. The van der Waals surface area contributed by atoms with E-state index in [9.17, 15) is 4.79 Å². The molecule has 1 amide bonds. The number of rotatable bonds is 8. The second kappa shape index (κ2) is 10.2. The first-order valence-corrected chi connectivity index (χ1v) is 11.8. The van der Waals surface area contributed by atoms with E-state index in [-0.39, 0.29) is 5.91 Å². The maximum Gasteiger partial charge on any atom is 0.252 e. The Kier molecular flexibility index (Phi) is 7.11. The third kappa shape index (κ3) is 5.07. The van der Waals surface area contributed by atoms with Gasteiger partial charge in [-0.2, -0.15) is 0 Å². The first kappa shape index (κ1) is 21.0. The predicted molar refractivity (Wildman–Crippen MR) is 124 cm³/mol. The van der Waals surface area contributed by atoms with Crippen molar-refractivity contribution in [1.82, 2.24) is 9.88 Å². The average molecular weight is 444 g/mol. The van der Waals surface area contributed by atoms with Crippen molar-refractivity contribution < 1.29 is 14.3 Å². The molecule has 2 aromatic heterocycles. The van der Waals surface area contributed by atoms with Gasteiger partial charge in [0.15, 0.2) is 5.13 Å². The fraction of sp³-hybridized carbons (Fsp3) is 0.364. The standard InChI is InChI=1S/C22H25N3O3S2/c1-2-28-18-6-3-7-19-21(18)23-22(30-19)25(11-10-24-12-14-27-15-13-24)20(26)9-8-17-5-4-16-29-17/h3-9,16H,2,10-15H2,1H3. The number of thiazole rings is 1. The first-order chi connectivity index (χ1) is 14.7. The maximum absolute atomic E-state index is 13.1. The summed E-state index contributed by atoms with van der Waals surface area (Å²) in [6.45, 7) is 7.17. The maximum atomic E-state index is 13.1. The summed E-state index contributed by atoms with van der Waals surface area (Å²) in [5, 5.41) is 2.70. The Morgan fingerprint density at radius 1 is 1.30 bits per heavy atom. The van der Waals surface area contributed by atoms with Crippen LogP contribution in [-0.4, -0.2) is 61.8 Å². The topological polar surface area (TPSA) is 54.9 Å². The summed E-state index contributed by atoms with van der Waals surface area (Å²) >= 11 is 3.13. The van der Waals surface area contributed by atoms with Crippen molar-refractivity contribution in [2.45, 2.75) is 6.92 Å². The number of amides is 1. The number of ether oxygens (including phenoxy) is 2. The average Bonchev–Trinajstić information content (AvgIpc) is 3.44. The van der Waals surface area contributed by atoms with E-state index in [1.807, 2.05) is 48.7 Å². The van der Waals surface area contributed by atoms with Crippen molar-refractivity contribution in [3.63, 3.8) is 0 Å². The van der Waals surface area contributed by atoms with Crippen LogP contribution in [0.1, 0.15) is 11.8 Å². The Balaban J connectivity index is 1.59. The summed E-state index contributed by atoms with van der Waals surface area (Å²) < 4.78 is 12.2. The highest BCUT2D eigenvalue weighted by atomic mass is 32.1. The van der Waals surface area contributed by atoms with Crippen LogP contribution < -0.4 is 9.64 Å². The largest absolute Gasteiger partial charge is 0.492 e. The second-order valence-electron chi connectivity index (χ2n) is 6.82. The molecular weight excluding hydrogens is 418 g/mol. The molecule has 0 bridgehead atoms. The smallest absolute Gasteiger partial charge is 0.252 e. The molecule has 1 saturated heterocycles. The molecule has 0 unspecified atom stereocenters. The molecule has 1 aliphatic heterocycles. The van der Waals surface area contributed by atoms with Crippen LogP contribution in [0.15, 0.2) is 41.8 Å². The van der Waals surface area contributed by atoms with Crippen LogP contribution in [0.5, 0.6) is 5.75 Å². The van der Waals surface area contributed by atoms with Gasteiger partial charge in [-0.05, 0) is 36.6 Å². The number of para-hydroxylation sites is 1. The molecule has 0 atom stereocenters. The van der Waals surface area contributed by atoms with E-state index in [4.69, 9.17) is 14.5 Å². The number of hydrogen-bond acceptors (Lipinski definition) is 7. The summed E-state index contributed by atoms with van der Waals surface area (Å²) in [6, 6.07) is 9.88. The Morgan fingerprint density at radius 2 is 2.17 bits per heavy atom. The number of fused-ring (bicyclic) bond motifs is 1. The predicted octanol–water partition coefficient (Wildman–Crippen LogP) is 4.14. The lowest BCUT2D eigenvalue weighted by Crippen LogP contribution is -2.42. The molecule has 6 nitrogen and oxygen atoms in total. The number of thiophene rings is 1. The molecule has 3 heterocycles. The van der Waals surface area contributed by atoms with E-state index in [2.05, 4.69) is 4.90 Å². The van der Waals surface area contributed by atoms with Crippen molar-refractivity contribution in [3.8, 4) is 5.75 Å². The minimum atomic E-state index is -0.0614. The summed E-state index contributed by atoms with van der Waals surface area (Å²) in [7, 11) is 0. The molecule has 0 aliphatic carbocycles. The van der Waals surface area contributed by atoms with Gasteiger partial charge < -0.3 is 9.47 Å². The summed E-state index contributed by atoms with van der Waals surface area (Å²) in [5.41, 5.74) is 0.811. The van der Waals surface area contributed by atoms with Crippen LogP contribution in [0.2, 0.25) is 0 Å². The number of hydrogen-bond donors (Lipinski definition) is 0. The van der Waals surface area contributed by atoms with E-state index in [0.717, 1.165) is 53.7 Å². The van der Waals surface area contributed by atoms with Crippen molar-refractivity contribution >= 4 is 50.0 Å². The molecule has 158 valence electrons. The zero-order chi connectivity index (χ0) is 20.8. The lowest BCUT2D eigenvalue weighted by atomic mass is 10.3. The summed E-state index contributed by atoms with van der Waals surface area (Å²) in [5.74, 6) is 0.695. The van der Waals surface area contributed by atoms with E-state index in [1.165, 1.54) is 11.3 Å². The van der Waals surface area contributed by atoms with Gasteiger partial charge in [-0.3, -0.25) is 14.6 Å². The van der Waals surface area contributed by atoms with Gasteiger partial charge in [0.25, 0.3) is 5.91 Å². The first-order valence-electron chi connectivity index (χ1n) is 10.1. The monoisotopic (exact) mass is 443 g/mol. The van der Waals surface area contributed by atoms with Gasteiger partial charge >= 0.3 is 0 Å². The Morgan fingerprint density at radius 3 is 2.93 bits per heavy atom. The zero-order valence-electron chi connectivity index (χ0n) is 17.0. The molecule has 1 aliphatic rings.